The summed E-state index contributed by atoms with van der Waals surface area (Å²) in [5.41, 5.74) is -0.679. The molecule has 3 aromatic carbocycles. The highest BCUT2D eigenvalue weighted by molar-refractivity contribution is 8.30. The quantitative estimate of drug-likeness (QED) is 0.0910. The van der Waals surface area contributed by atoms with Crippen LogP contribution in [0.15, 0.2) is 51.1 Å². The third-order valence-electron chi connectivity index (χ3n) is 11.2. The Morgan fingerprint density at radius 1 is 0.441 bits per heavy atom. The van der Waals surface area contributed by atoms with E-state index in [4.69, 9.17) is 46.8 Å². The van der Waals surface area contributed by atoms with Crippen LogP contribution >= 0.6 is 10.3 Å². The van der Waals surface area contributed by atoms with Gasteiger partial charge < -0.3 is 46.8 Å². The van der Waals surface area contributed by atoms with Crippen LogP contribution in [0.3, 0.4) is 0 Å². The third-order valence-corrected chi connectivity index (χ3v) is 14.6. The van der Waals surface area contributed by atoms with Crippen molar-refractivity contribution in [1.82, 2.24) is 0 Å². The molecule has 0 amide bonds. The summed E-state index contributed by atoms with van der Waals surface area (Å²) in [5, 5.41) is 0. The molecule has 0 aromatic heterocycles. The third kappa shape index (κ3) is 8.93. The first kappa shape index (κ1) is 44.2. The first-order valence-corrected chi connectivity index (χ1v) is 23.5. The molecular weight excluding hydrogens is 773 g/mol. The highest BCUT2D eigenvalue weighted by Crippen LogP contribution is 2.81. The summed E-state index contributed by atoms with van der Waals surface area (Å²) in [6.45, 7) is 20.4. The topological polar surface area (TPSA) is 109 Å². The molecule has 4 bridgehead atoms. The summed E-state index contributed by atoms with van der Waals surface area (Å²) < 4.78 is 66.2. The van der Waals surface area contributed by atoms with Crippen LogP contribution in [-0.4, -0.2) is 65.4 Å². The molecule has 4 saturated carbocycles. The maximum atomic E-state index is 16.0. The molecule has 4 aliphatic rings. The Balaban J connectivity index is 1.87. The molecule has 326 valence electrons. The van der Waals surface area contributed by atoms with E-state index in [9.17, 15) is 0 Å². The standard InChI is InChI=1S/C47H66O11S/c1-10-49-34-22-37(52-13-4)43(38(23-34)53-14-5)59(44-39(54-15-6)24-35(50-11-2)25-40(44)55-16-7,45-41(56-17-8)26-36(51-12-3)27-42(45)57-18-9)58-46(48)47-28-31-19-32(29-47)21-33(20-31)30-47/h22-27,31-33H,10-21,28-30H2,1-9H3. The minimum Gasteiger partial charge on any atom is -0.494 e. The van der Waals surface area contributed by atoms with Crippen LogP contribution in [0.25, 0.3) is 0 Å². The van der Waals surface area contributed by atoms with Crippen LogP contribution in [0.1, 0.15) is 101 Å². The van der Waals surface area contributed by atoms with E-state index in [1.54, 1.807) is 0 Å². The van der Waals surface area contributed by atoms with Gasteiger partial charge in [-0.1, -0.05) is 0 Å². The van der Waals surface area contributed by atoms with Gasteiger partial charge in [0.2, 0.25) is 0 Å². The summed E-state index contributed by atoms with van der Waals surface area (Å²) >= 11 is 0. The van der Waals surface area contributed by atoms with Crippen molar-refractivity contribution in [1.29, 1.82) is 0 Å². The summed E-state index contributed by atoms with van der Waals surface area (Å²) in [6, 6.07) is 11.1. The lowest BCUT2D eigenvalue weighted by Crippen LogP contribution is -2.50. The van der Waals surface area contributed by atoms with Gasteiger partial charge in [-0.15, -0.1) is 0 Å². The SMILES string of the molecule is CCOc1cc(OCC)c(S(OC(=O)C23CC4CC(CC(C4)C2)C3)(c2c(OCC)cc(OCC)cc2OCC)c2c(OCC)cc(OCC)cc2OCC)c(OCC)c1. The van der Waals surface area contributed by atoms with Gasteiger partial charge in [-0.05, 0) is 119 Å². The van der Waals surface area contributed by atoms with E-state index in [1.165, 1.54) is 0 Å². The van der Waals surface area contributed by atoms with E-state index in [0.717, 1.165) is 38.5 Å². The molecule has 0 heterocycles. The molecule has 0 radical (unpaired) electrons. The zero-order chi connectivity index (χ0) is 42.2. The Bertz CT molecular complexity index is 1610. The largest absolute Gasteiger partial charge is 0.494 e. The van der Waals surface area contributed by atoms with Crippen molar-refractivity contribution in [3.8, 4) is 51.7 Å². The lowest BCUT2D eigenvalue weighted by atomic mass is 9.49. The van der Waals surface area contributed by atoms with Gasteiger partial charge in [0.25, 0.3) is 0 Å². The summed E-state index contributed by atoms with van der Waals surface area (Å²) in [7, 11) is -3.50. The molecule has 0 unspecified atom stereocenters. The van der Waals surface area contributed by atoms with Crippen molar-refractivity contribution in [3.05, 3.63) is 36.4 Å². The number of hydrogen-bond acceptors (Lipinski definition) is 11. The lowest BCUT2D eigenvalue weighted by molar-refractivity contribution is -0.160. The average molecular weight is 839 g/mol. The number of carbonyl (C=O) groups excluding carboxylic acids is 1. The Labute approximate surface area is 353 Å². The summed E-state index contributed by atoms with van der Waals surface area (Å²) in [5.74, 6) is 5.37. The van der Waals surface area contributed by atoms with Crippen LogP contribution in [0.2, 0.25) is 0 Å². The maximum absolute atomic E-state index is 16.0. The first-order valence-electron chi connectivity index (χ1n) is 21.9. The van der Waals surface area contributed by atoms with Crippen LogP contribution < -0.4 is 42.6 Å². The number of ether oxygens (including phenoxy) is 9. The number of carbonyl (C=O) groups is 1. The zero-order valence-corrected chi connectivity index (χ0v) is 37.5. The highest BCUT2D eigenvalue weighted by atomic mass is 32.3. The predicted molar refractivity (Wildman–Crippen MR) is 229 cm³/mol. The molecular formula is C47H66O11S. The monoisotopic (exact) mass is 838 g/mol. The molecule has 4 fully saturated rings. The Kier molecular flexibility index (Phi) is 14.9. The van der Waals surface area contributed by atoms with Gasteiger partial charge in [-0.25, -0.2) is 0 Å². The van der Waals surface area contributed by atoms with Crippen LogP contribution in [-0.2, 0) is 8.98 Å². The Morgan fingerprint density at radius 2 is 0.678 bits per heavy atom. The summed E-state index contributed by atoms with van der Waals surface area (Å²) in [4.78, 5) is 17.5. The van der Waals surface area contributed by atoms with Crippen molar-refractivity contribution in [2.45, 2.75) is 116 Å². The van der Waals surface area contributed by atoms with Gasteiger partial charge >= 0.3 is 5.97 Å². The first-order chi connectivity index (χ1) is 28.7. The normalized spacial score (nSPS) is 20.7. The smallest absolute Gasteiger partial charge is 0.323 e. The molecule has 0 atom stereocenters. The molecule has 0 N–H and O–H groups in total. The van der Waals surface area contributed by atoms with Gasteiger partial charge in [-0.2, -0.15) is 0 Å². The fraction of sp³-hybridized carbons (Fsp3) is 0.596. The maximum Gasteiger partial charge on any atom is 0.323 e. The minimum atomic E-state index is -3.50. The summed E-state index contributed by atoms with van der Waals surface area (Å²) in [6.07, 6.45) is 5.84. The van der Waals surface area contributed by atoms with Gasteiger partial charge in [0.1, 0.15) is 66.4 Å². The molecule has 0 saturated heterocycles. The number of rotatable bonds is 23. The minimum absolute atomic E-state index is 0.261. The van der Waals surface area contributed by atoms with E-state index >= 15 is 4.79 Å². The van der Waals surface area contributed by atoms with Crippen molar-refractivity contribution < 1.29 is 51.6 Å². The molecule has 12 heteroatoms. The molecule has 4 aliphatic carbocycles. The van der Waals surface area contributed by atoms with Gasteiger partial charge in [0.15, 0.2) is 0 Å². The fourth-order valence-electron chi connectivity index (χ4n) is 9.83. The molecule has 3 aromatic rings. The second-order valence-electron chi connectivity index (χ2n) is 15.3. The van der Waals surface area contributed by atoms with Crippen molar-refractivity contribution >= 4 is 16.3 Å². The Morgan fingerprint density at radius 3 is 0.898 bits per heavy atom. The average Bonchev–Trinajstić information content (AvgIpc) is 3.18. The second-order valence-corrected chi connectivity index (χ2v) is 17.8. The molecule has 7 rings (SSSR count). The molecule has 59 heavy (non-hydrogen) atoms. The van der Waals surface area contributed by atoms with Gasteiger partial charge in [0, 0.05) is 46.7 Å². The zero-order valence-electron chi connectivity index (χ0n) is 36.7. The molecule has 11 nitrogen and oxygen atoms in total. The van der Waals surface area contributed by atoms with Crippen molar-refractivity contribution in [3.63, 3.8) is 0 Å². The van der Waals surface area contributed by atoms with Gasteiger partial charge in [0.05, 0.1) is 64.9 Å². The number of hydrogen-bond donors (Lipinski definition) is 0. The highest BCUT2D eigenvalue weighted by Gasteiger charge is 2.59. The van der Waals surface area contributed by atoms with Gasteiger partial charge in [-0.3, -0.25) is 4.79 Å². The van der Waals surface area contributed by atoms with Crippen LogP contribution in [0, 0.1) is 23.2 Å². The van der Waals surface area contributed by atoms with Crippen molar-refractivity contribution in [2.75, 3.05) is 59.5 Å². The molecule has 0 aliphatic heterocycles. The van der Waals surface area contributed by atoms with E-state index in [0.29, 0.717) is 144 Å². The van der Waals surface area contributed by atoms with E-state index in [1.807, 2.05) is 98.7 Å². The van der Waals surface area contributed by atoms with E-state index < -0.39 is 15.7 Å². The lowest BCUT2D eigenvalue weighted by Gasteiger charge is -2.56. The fourth-order valence-corrected chi connectivity index (χ4v) is 13.5. The molecule has 0 spiro atoms. The number of benzene rings is 3. The van der Waals surface area contributed by atoms with Crippen LogP contribution in [0.5, 0.6) is 51.7 Å². The van der Waals surface area contributed by atoms with Crippen molar-refractivity contribution in [2.24, 2.45) is 23.2 Å². The Hall–Kier alpha value is -4.32. The van der Waals surface area contributed by atoms with Crippen LogP contribution in [0.4, 0.5) is 0 Å². The second kappa shape index (κ2) is 19.8. The predicted octanol–water partition coefficient (Wildman–Crippen LogP) is 11.2. The van der Waals surface area contributed by atoms with E-state index in [-0.39, 0.29) is 5.97 Å². The van der Waals surface area contributed by atoms with E-state index in [2.05, 4.69) is 0 Å².